The fourth-order valence-corrected chi connectivity index (χ4v) is 2.94. The molecule has 0 aliphatic rings. The Morgan fingerprint density at radius 2 is 1.72 bits per heavy atom. The third kappa shape index (κ3) is 3.49. The van der Waals surface area contributed by atoms with Crippen molar-refractivity contribution in [3.05, 3.63) is 82.5 Å². The van der Waals surface area contributed by atoms with Crippen molar-refractivity contribution in [3.8, 4) is 5.69 Å². The summed E-state index contributed by atoms with van der Waals surface area (Å²) in [7, 11) is 0. The molecule has 0 atom stereocenters. The smallest absolute Gasteiger partial charge is 0.222 e. The van der Waals surface area contributed by atoms with Crippen LogP contribution >= 0.6 is 11.6 Å². The van der Waals surface area contributed by atoms with E-state index in [2.05, 4.69) is 5.32 Å². The molecule has 1 aromatic heterocycles. The highest BCUT2D eigenvalue weighted by atomic mass is 35.5. The Hall–Kier alpha value is -2.85. The summed E-state index contributed by atoms with van der Waals surface area (Å²) in [4.78, 5) is 24.5. The number of nitrogens with one attached hydrogen (secondary N) is 1. The number of halogens is 1. The second-order valence-electron chi connectivity index (χ2n) is 5.73. The molecule has 0 saturated carbocycles. The van der Waals surface area contributed by atoms with E-state index >= 15 is 0 Å². The Balaban J connectivity index is 2.18. The summed E-state index contributed by atoms with van der Waals surface area (Å²) < 4.78 is 1.84. The van der Waals surface area contributed by atoms with E-state index < -0.39 is 0 Å². The summed E-state index contributed by atoms with van der Waals surface area (Å²) in [6.45, 7) is 3.36. The van der Waals surface area contributed by atoms with Gasteiger partial charge in [-0.1, -0.05) is 41.9 Å². The van der Waals surface area contributed by atoms with Crippen LogP contribution in [0.25, 0.3) is 5.69 Å². The predicted molar refractivity (Wildman–Crippen MR) is 99.7 cm³/mol. The minimum atomic E-state index is -0.177. The van der Waals surface area contributed by atoms with E-state index in [1.807, 2.05) is 41.8 Å². The Kier molecular flexibility index (Phi) is 4.72. The number of nitrogens with zero attached hydrogens (tertiary/aromatic N) is 1. The lowest BCUT2D eigenvalue weighted by molar-refractivity contribution is -0.114. The largest absolute Gasteiger partial charge is 0.312 e. The molecule has 1 heterocycles. The molecule has 0 radical (unpaired) electrons. The fraction of sp³-hybridized carbons (Fsp3) is 0.100. The molecule has 0 aliphatic heterocycles. The van der Waals surface area contributed by atoms with Crippen molar-refractivity contribution < 1.29 is 9.59 Å². The molecule has 1 amide bonds. The number of rotatable bonds is 4. The number of hydrogen-bond acceptors (Lipinski definition) is 2. The third-order valence-electron chi connectivity index (χ3n) is 3.86. The number of amides is 1. The van der Waals surface area contributed by atoms with E-state index in [1.165, 1.54) is 6.92 Å². The van der Waals surface area contributed by atoms with Gasteiger partial charge in [-0.2, -0.15) is 0 Å². The van der Waals surface area contributed by atoms with Crippen LogP contribution < -0.4 is 5.32 Å². The molecule has 1 N–H and O–H groups in total. The number of aromatic nitrogens is 1. The average molecular weight is 353 g/mol. The van der Waals surface area contributed by atoms with Gasteiger partial charge in [0.15, 0.2) is 5.78 Å². The lowest BCUT2D eigenvalue weighted by Crippen LogP contribution is -2.14. The Morgan fingerprint density at radius 3 is 2.40 bits per heavy atom. The molecule has 126 valence electrons. The fourth-order valence-electron chi connectivity index (χ4n) is 2.77. The van der Waals surface area contributed by atoms with E-state index in [-0.39, 0.29) is 11.7 Å². The molecular formula is C20H17ClN2O2. The highest BCUT2D eigenvalue weighted by Gasteiger charge is 2.18. The SMILES string of the molecule is CC(=O)Nc1ccc(C)n1-c1ccc(Cl)cc1C(=O)c1ccccc1. The normalized spacial score (nSPS) is 10.5. The summed E-state index contributed by atoms with van der Waals surface area (Å²) in [5.74, 6) is 0.304. The van der Waals surface area contributed by atoms with E-state index in [1.54, 1.807) is 30.3 Å². The first kappa shape index (κ1) is 17.0. The summed E-state index contributed by atoms with van der Waals surface area (Å²) in [6, 6.07) is 17.9. The van der Waals surface area contributed by atoms with E-state index in [0.29, 0.717) is 27.7 Å². The van der Waals surface area contributed by atoms with Gasteiger partial charge >= 0.3 is 0 Å². The Labute approximate surface area is 151 Å². The van der Waals surface area contributed by atoms with Gasteiger partial charge in [0.2, 0.25) is 5.91 Å². The lowest BCUT2D eigenvalue weighted by Gasteiger charge is -2.16. The number of carbonyl (C=O) groups excluding carboxylic acids is 2. The van der Waals surface area contributed by atoms with Crippen LogP contribution in [0.5, 0.6) is 0 Å². The molecule has 0 aliphatic carbocycles. The number of carbonyl (C=O) groups is 2. The zero-order valence-corrected chi connectivity index (χ0v) is 14.7. The molecule has 3 rings (SSSR count). The number of anilines is 1. The maximum absolute atomic E-state index is 13.0. The molecule has 0 saturated heterocycles. The van der Waals surface area contributed by atoms with Gasteiger partial charge < -0.3 is 5.32 Å². The maximum Gasteiger partial charge on any atom is 0.222 e. The van der Waals surface area contributed by atoms with Crippen LogP contribution in [0.2, 0.25) is 5.02 Å². The molecule has 0 fully saturated rings. The number of aryl methyl sites for hydroxylation is 1. The molecule has 0 spiro atoms. The highest BCUT2D eigenvalue weighted by Crippen LogP contribution is 2.28. The molecular weight excluding hydrogens is 336 g/mol. The van der Waals surface area contributed by atoms with Crippen LogP contribution in [0, 0.1) is 6.92 Å². The average Bonchev–Trinajstić information content (AvgIpc) is 2.95. The van der Waals surface area contributed by atoms with Gasteiger partial charge in [0.1, 0.15) is 5.82 Å². The summed E-state index contributed by atoms with van der Waals surface area (Å²) in [5, 5.41) is 3.27. The third-order valence-corrected chi connectivity index (χ3v) is 4.10. The first-order valence-corrected chi connectivity index (χ1v) is 8.21. The first-order chi connectivity index (χ1) is 12.0. The first-order valence-electron chi connectivity index (χ1n) is 7.83. The second-order valence-corrected chi connectivity index (χ2v) is 6.17. The maximum atomic E-state index is 13.0. The second kappa shape index (κ2) is 6.95. The summed E-state index contributed by atoms with van der Waals surface area (Å²) in [5.41, 5.74) is 2.62. The number of benzene rings is 2. The van der Waals surface area contributed by atoms with Crippen LogP contribution in [0.15, 0.2) is 60.7 Å². The van der Waals surface area contributed by atoms with Crippen molar-refractivity contribution in [3.63, 3.8) is 0 Å². The van der Waals surface area contributed by atoms with Crippen LogP contribution in [0.3, 0.4) is 0 Å². The predicted octanol–water partition coefficient (Wildman–Crippen LogP) is 4.63. The number of ketones is 1. The summed E-state index contributed by atoms with van der Waals surface area (Å²) >= 11 is 6.14. The van der Waals surface area contributed by atoms with Crippen molar-refractivity contribution in [2.24, 2.45) is 0 Å². The zero-order chi connectivity index (χ0) is 18.0. The monoisotopic (exact) mass is 352 g/mol. The molecule has 0 bridgehead atoms. The molecule has 5 heteroatoms. The zero-order valence-electron chi connectivity index (χ0n) is 13.9. The van der Waals surface area contributed by atoms with E-state index in [9.17, 15) is 9.59 Å². The van der Waals surface area contributed by atoms with Gasteiger partial charge in [0.25, 0.3) is 0 Å². The molecule has 25 heavy (non-hydrogen) atoms. The van der Waals surface area contributed by atoms with Gasteiger partial charge in [0, 0.05) is 28.8 Å². The van der Waals surface area contributed by atoms with Crippen LogP contribution in [-0.2, 0) is 4.79 Å². The molecule has 4 nitrogen and oxygen atoms in total. The van der Waals surface area contributed by atoms with Gasteiger partial charge in [-0.25, -0.2) is 0 Å². The molecule has 2 aromatic carbocycles. The van der Waals surface area contributed by atoms with Gasteiger partial charge in [0.05, 0.1) is 5.69 Å². The minimum Gasteiger partial charge on any atom is -0.312 e. The van der Waals surface area contributed by atoms with E-state index in [0.717, 1.165) is 5.69 Å². The van der Waals surface area contributed by atoms with Crippen molar-refractivity contribution in [2.75, 3.05) is 5.32 Å². The topological polar surface area (TPSA) is 51.1 Å². The summed E-state index contributed by atoms with van der Waals surface area (Å²) in [6.07, 6.45) is 0. The minimum absolute atomic E-state index is 0.125. The van der Waals surface area contributed by atoms with Crippen LogP contribution in [0.4, 0.5) is 5.82 Å². The van der Waals surface area contributed by atoms with Gasteiger partial charge in [-0.15, -0.1) is 0 Å². The quantitative estimate of drug-likeness (QED) is 0.696. The Morgan fingerprint density at radius 1 is 1.00 bits per heavy atom. The van der Waals surface area contributed by atoms with Crippen LogP contribution in [-0.4, -0.2) is 16.3 Å². The standard InChI is InChI=1S/C20H17ClN2O2/c1-13-8-11-19(22-14(2)24)23(13)18-10-9-16(21)12-17(18)20(25)15-6-4-3-5-7-15/h3-12H,1-2H3,(H,22,24). The van der Waals surface area contributed by atoms with E-state index in [4.69, 9.17) is 11.6 Å². The number of hydrogen-bond donors (Lipinski definition) is 1. The van der Waals surface area contributed by atoms with Crippen molar-refractivity contribution in [2.45, 2.75) is 13.8 Å². The van der Waals surface area contributed by atoms with Gasteiger partial charge in [-0.3, -0.25) is 14.2 Å². The molecule has 0 unspecified atom stereocenters. The van der Waals surface area contributed by atoms with Gasteiger partial charge in [-0.05, 0) is 37.3 Å². The van der Waals surface area contributed by atoms with Crippen molar-refractivity contribution >= 4 is 29.1 Å². The van der Waals surface area contributed by atoms with Crippen LogP contribution in [0.1, 0.15) is 28.5 Å². The lowest BCUT2D eigenvalue weighted by atomic mass is 10.0. The Bertz CT molecular complexity index is 946. The molecule has 3 aromatic rings. The van der Waals surface area contributed by atoms with Crippen molar-refractivity contribution in [1.29, 1.82) is 0 Å². The van der Waals surface area contributed by atoms with Crippen molar-refractivity contribution in [1.82, 2.24) is 4.57 Å². The highest BCUT2D eigenvalue weighted by molar-refractivity contribution is 6.31.